The van der Waals surface area contributed by atoms with Gasteiger partial charge in [-0.1, -0.05) is 62.9 Å². The van der Waals surface area contributed by atoms with Crippen molar-refractivity contribution < 1.29 is 9.90 Å². The predicted molar refractivity (Wildman–Crippen MR) is 110 cm³/mol. The van der Waals surface area contributed by atoms with E-state index in [0.717, 1.165) is 23.1 Å². The third kappa shape index (κ3) is 5.87. The van der Waals surface area contributed by atoms with Crippen LogP contribution < -0.4 is 0 Å². The molecule has 0 atom stereocenters. The zero-order chi connectivity index (χ0) is 18.9. The topological polar surface area (TPSA) is 37.3 Å². The fourth-order valence-electron chi connectivity index (χ4n) is 3.12. The van der Waals surface area contributed by atoms with Crippen LogP contribution in [0, 0.1) is 13.8 Å². The van der Waals surface area contributed by atoms with Crippen LogP contribution in [0.5, 0.6) is 5.75 Å². The van der Waals surface area contributed by atoms with Gasteiger partial charge in [0.05, 0.1) is 0 Å². The Bertz CT molecular complexity index is 731. The van der Waals surface area contributed by atoms with Crippen molar-refractivity contribution in [2.75, 3.05) is 0 Å². The zero-order valence-electron chi connectivity index (χ0n) is 16.2. The Morgan fingerprint density at radius 2 is 1.58 bits per heavy atom. The van der Waals surface area contributed by atoms with E-state index in [9.17, 15) is 9.90 Å². The van der Waals surface area contributed by atoms with Gasteiger partial charge in [-0.3, -0.25) is 4.79 Å². The van der Waals surface area contributed by atoms with Crippen LogP contribution in [-0.4, -0.2) is 10.9 Å². The number of aromatic hydroxyl groups is 1. The molecule has 2 aromatic rings. The minimum Gasteiger partial charge on any atom is -0.507 e. The van der Waals surface area contributed by atoms with Crippen LogP contribution in [0.4, 0.5) is 0 Å². The first-order chi connectivity index (χ1) is 12.5. The Balaban J connectivity index is 1.93. The van der Waals surface area contributed by atoms with Gasteiger partial charge in [0.15, 0.2) is 5.78 Å². The molecule has 0 spiro atoms. The summed E-state index contributed by atoms with van der Waals surface area (Å²) in [6.45, 7) is 5.96. The molecule has 0 aromatic heterocycles. The first-order valence-corrected chi connectivity index (χ1v) is 9.63. The molecule has 0 aliphatic carbocycles. The molecule has 0 aliphatic heterocycles. The van der Waals surface area contributed by atoms with Gasteiger partial charge < -0.3 is 5.11 Å². The quantitative estimate of drug-likeness (QED) is 0.322. The SMILES string of the molecule is CCCCCCCc1ccc(C(=O)/C=C/c2cc(C)c(O)c(C)c2)cc1. The molecular weight excluding hydrogens is 320 g/mol. The molecule has 0 heterocycles. The number of phenolic OH excluding ortho intramolecular Hbond substituents is 1. The van der Waals surface area contributed by atoms with Crippen molar-refractivity contribution in [1.29, 1.82) is 0 Å². The van der Waals surface area contributed by atoms with Crippen molar-refractivity contribution in [3.8, 4) is 5.75 Å². The van der Waals surface area contributed by atoms with Crippen LogP contribution in [-0.2, 0) is 6.42 Å². The number of hydrogen-bond donors (Lipinski definition) is 1. The van der Waals surface area contributed by atoms with E-state index < -0.39 is 0 Å². The molecule has 0 saturated carbocycles. The van der Waals surface area contributed by atoms with Crippen LogP contribution >= 0.6 is 0 Å². The van der Waals surface area contributed by atoms with Gasteiger partial charge in [-0.05, 0) is 67.2 Å². The van der Waals surface area contributed by atoms with Gasteiger partial charge >= 0.3 is 0 Å². The summed E-state index contributed by atoms with van der Waals surface area (Å²) in [4.78, 5) is 12.4. The van der Waals surface area contributed by atoms with Crippen molar-refractivity contribution >= 4 is 11.9 Å². The number of ketones is 1. The van der Waals surface area contributed by atoms with Crippen molar-refractivity contribution in [2.24, 2.45) is 0 Å². The number of carbonyl (C=O) groups excluding carboxylic acids is 1. The molecule has 26 heavy (non-hydrogen) atoms. The summed E-state index contributed by atoms with van der Waals surface area (Å²) < 4.78 is 0. The van der Waals surface area contributed by atoms with Crippen LogP contribution in [0.25, 0.3) is 6.08 Å². The van der Waals surface area contributed by atoms with Gasteiger partial charge in [0.2, 0.25) is 0 Å². The van der Waals surface area contributed by atoms with E-state index in [1.165, 1.54) is 37.7 Å². The number of benzene rings is 2. The van der Waals surface area contributed by atoms with Crippen LogP contribution in [0.15, 0.2) is 42.5 Å². The van der Waals surface area contributed by atoms with Crippen LogP contribution in [0.3, 0.4) is 0 Å². The van der Waals surface area contributed by atoms with Gasteiger partial charge in [-0.2, -0.15) is 0 Å². The summed E-state index contributed by atoms with van der Waals surface area (Å²) in [5.41, 5.74) is 4.57. The average Bonchev–Trinajstić information content (AvgIpc) is 2.64. The third-order valence-corrected chi connectivity index (χ3v) is 4.75. The van der Waals surface area contributed by atoms with E-state index in [4.69, 9.17) is 0 Å². The van der Waals surface area contributed by atoms with Gasteiger partial charge in [-0.15, -0.1) is 0 Å². The summed E-state index contributed by atoms with van der Waals surface area (Å²) in [6.07, 6.45) is 10.9. The largest absolute Gasteiger partial charge is 0.507 e. The monoisotopic (exact) mass is 350 g/mol. The number of aryl methyl sites for hydroxylation is 3. The number of rotatable bonds is 9. The molecule has 2 nitrogen and oxygen atoms in total. The fourth-order valence-corrected chi connectivity index (χ4v) is 3.12. The summed E-state index contributed by atoms with van der Waals surface area (Å²) in [5.74, 6) is 0.321. The van der Waals surface area contributed by atoms with Gasteiger partial charge in [0, 0.05) is 5.56 Å². The maximum absolute atomic E-state index is 12.4. The summed E-state index contributed by atoms with van der Waals surface area (Å²) in [7, 11) is 0. The molecule has 138 valence electrons. The third-order valence-electron chi connectivity index (χ3n) is 4.75. The minimum absolute atomic E-state index is 0.00266. The molecule has 0 aliphatic rings. The molecule has 0 saturated heterocycles. The summed E-state index contributed by atoms with van der Waals surface area (Å²) >= 11 is 0. The highest BCUT2D eigenvalue weighted by atomic mass is 16.3. The molecule has 0 radical (unpaired) electrons. The number of unbranched alkanes of at least 4 members (excludes halogenated alkanes) is 4. The molecule has 1 N–H and O–H groups in total. The Hall–Kier alpha value is -2.35. The normalized spacial score (nSPS) is 11.2. The standard InChI is InChI=1S/C24H30O2/c1-4-5-6-7-8-9-20-10-13-22(14-11-20)23(25)15-12-21-16-18(2)24(26)19(3)17-21/h10-17,26H,4-9H2,1-3H3/b15-12+. The number of phenols is 1. The molecule has 0 bridgehead atoms. The second kappa shape index (κ2) is 9.96. The molecule has 0 unspecified atom stereocenters. The van der Waals surface area contributed by atoms with E-state index in [0.29, 0.717) is 11.3 Å². The lowest BCUT2D eigenvalue weighted by molar-refractivity contribution is 0.104. The lowest BCUT2D eigenvalue weighted by Crippen LogP contribution is -1.95. The first kappa shape index (κ1) is 20.0. The van der Waals surface area contributed by atoms with Crippen molar-refractivity contribution in [3.05, 3.63) is 70.3 Å². The van der Waals surface area contributed by atoms with Gasteiger partial charge in [0.1, 0.15) is 5.75 Å². The highest BCUT2D eigenvalue weighted by molar-refractivity contribution is 6.06. The highest BCUT2D eigenvalue weighted by Gasteiger charge is 2.04. The fraction of sp³-hybridized carbons (Fsp3) is 0.375. The first-order valence-electron chi connectivity index (χ1n) is 9.63. The number of hydrogen-bond acceptors (Lipinski definition) is 2. The molecule has 0 fully saturated rings. The van der Waals surface area contributed by atoms with Crippen LogP contribution in [0.2, 0.25) is 0 Å². The highest BCUT2D eigenvalue weighted by Crippen LogP contribution is 2.23. The van der Waals surface area contributed by atoms with E-state index >= 15 is 0 Å². The molecule has 0 amide bonds. The predicted octanol–water partition coefficient (Wildman–Crippen LogP) is 6.42. The summed E-state index contributed by atoms with van der Waals surface area (Å²) in [5, 5.41) is 9.83. The minimum atomic E-state index is 0.00266. The van der Waals surface area contributed by atoms with E-state index in [1.54, 1.807) is 6.08 Å². The maximum Gasteiger partial charge on any atom is 0.185 e. The van der Waals surface area contributed by atoms with Crippen molar-refractivity contribution in [3.63, 3.8) is 0 Å². The van der Waals surface area contributed by atoms with Crippen LogP contribution in [0.1, 0.15) is 71.6 Å². The number of carbonyl (C=O) groups is 1. The molecule has 2 heteroatoms. The smallest absolute Gasteiger partial charge is 0.185 e. The van der Waals surface area contributed by atoms with E-state index in [-0.39, 0.29) is 5.78 Å². The second-order valence-corrected chi connectivity index (χ2v) is 7.06. The van der Waals surface area contributed by atoms with E-state index in [2.05, 4.69) is 19.1 Å². The Morgan fingerprint density at radius 3 is 2.19 bits per heavy atom. The average molecular weight is 351 g/mol. The van der Waals surface area contributed by atoms with Gasteiger partial charge in [-0.25, -0.2) is 0 Å². The summed E-state index contributed by atoms with van der Waals surface area (Å²) in [6, 6.07) is 11.7. The molecule has 2 aromatic carbocycles. The maximum atomic E-state index is 12.4. The molecule has 2 rings (SSSR count). The molecular formula is C24H30O2. The lowest BCUT2D eigenvalue weighted by atomic mass is 10.0. The van der Waals surface area contributed by atoms with Gasteiger partial charge in [0.25, 0.3) is 0 Å². The van der Waals surface area contributed by atoms with Crippen molar-refractivity contribution in [1.82, 2.24) is 0 Å². The Kier molecular flexibility index (Phi) is 7.65. The zero-order valence-corrected chi connectivity index (χ0v) is 16.2. The Morgan fingerprint density at radius 1 is 0.962 bits per heavy atom. The Labute approximate surface area is 157 Å². The lowest BCUT2D eigenvalue weighted by Gasteiger charge is -2.05. The van der Waals surface area contributed by atoms with E-state index in [1.807, 2.05) is 44.2 Å². The number of allylic oxidation sites excluding steroid dienone is 1. The second-order valence-electron chi connectivity index (χ2n) is 7.06. The van der Waals surface area contributed by atoms with Crippen molar-refractivity contribution in [2.45, 2.75) is 59.3 Å².